The second-order valence-electron chi connectivity index (χ2n) is 5.33. The van der Waals surface area contributed by atoms with Crippen LogP contribution in [0.1, 0.15) is 23.3 Å². The Balaban J connectivity index is 1.85. The molecular weight excluding hydrogens is 264 g/mol. The van der Waals surface area contributed by atoms with E-state index in [-0.39, 0.29) is 5.91 Å². The van der Waals surface area contributed by atoms with Gasteiger partial charge in [0.05, 0.1) is 12.3 Å². The van der Waals surface area contributed by atoms with Crippen LogP contribution in [-0.2, 0) is 17.8 Å². The third kappa shape index (κ3) is 4.20. The molecule has 4 heteroatoms. The minimum absolute atomic E-state index is 0.0356. The van der Waals surface area contributed by atoms with Crippen LogP contribution in [0.2, 0.25) is 0 Å². The molecule has 1 aromatic heterocycles. The smallest absolute Gasteiger partial charge is 0.239 e. The van der Waals surface area contributed by atoms with Gasteiger partial charge in [-0.05, 0) is 31.4 Å². The quantitative estimate of drug-likeness (QED) is 0.887. The predicted molar refractivity (Wildman–Crippen MR) is 82.7 cm³/mol. The number of nitrogens with zero attached hydrogens (tertiary/aromatic N) is 1. The Labute approximate surface area is 125 Å². The number of furan rings is 1. The number of rotatable bonds is 6. The molecule has 1 aromatic carbocycles. The van der Waals surface area contributed by atoms with E-state index in [0.717, 1.165) is 17.7 Å². The first-order valence-electron chi connectivity index (χ1n) is 7.15. The van der Waals surface area contributed by atoms with Crippen molar-refractivity contribution in [1.82, 2.24) is 4.90 Å². The van der Waals surface area contributed by atoms with Gasteiger partial charge in [0.2, 0.25) is 5.91 Å². The van der Waals surface area contributed by atoms with Crippen molar-refractivity contribution >= 4 is 5.91 Å². The average molecular weight is 286 g/mol. The average Bonchev–Trinajstić information content (AvgIpc) is 2.90. The van der Waals surface area contributed by atoms with Crippen molar-refractivity contribution in [1.29, 1.82) is 0 Å². The van der Waals surface area contributed by atoms with E-state index in [1.165, 1.54) is 5.56 Å². The zero-order valence-electron chi connectivity index (χ0n) is 12.6. The summed E-state index contributed by atoms with van der Waals surface area (Å²) in [7, 11) is 1.77. The third-order valence-electron chi connectivity index (χ3n) is 3.65. The fraction of sp³-hybridized carbons (Fsp3) is 0.353. The minimum Gasteiger partial charge on any atom is -0.469 e. The van der Waals surface area contributed by atoms with Crippen molar-refractivity contribution in [2.24, 2.45) is 5.73 Å². The van der Waals surface area contributed by atoms with Crippen molar-refractivity contribution in [2.75, 3.05) is 7.05 Å². The number of nitrogens with two attached hydrogens (primary N) is 1. The van der Waals surface area contributed by atoms with Crippen LogP contribution < -0.4 is 5.73 Å². The summed E-state index contributed by atoms with van der Waals surface area (Å²) in [6.07, 6.45) is 3.10. The van der Waals surface area contributed by atoms with Crippen molar-refractivity contribution in [3.05, 3.63) is 59.5 Å². The summed E-state index contributed by atoms with van der Waals surface area (Å²) in [5.74, 6) is 0.805. The second-order valence-corrected chi connectivity index (χ2v) is 5.33. The molecule has 0 bridgehead atoms. The summed E-state index contributed by atoms with van der Waals surface area (Å²) in [4.78, 5) is 13.9. The molecule has 112 valence electrons. The molecule has 2 N–H and O–H groups in total. The number of aryl methyl sites for hydroxylation is 2. The van der Waals surface area contributed by atoms with Gasteiger partial charge in [0.1, 0.15) is 5.76 Å². The monoisotopic (exact) mass is 286 g/mol. The largest absolute Gasteiger partial charge is 0.469 e. The van der Waals surface area contributed by atoms with Crippen LogP contribution in [-0.4, -0.2) is 23.9 Å². The van der Waals surface area contributed by atoms with E-state index in [4.69, 9.17) is 10.2 Å². The molecule has 0 fully saturated rings. The summed E-state index contributed by atoms with van der Waals surface area (Å²) < 4.78 is 5.24. The normalized spacial score (nSPS) is 12.1. The highest BCUT2D eigenvalue weighted by Gasteiger charge is 2.19. The highest BCUT2D eigenvalue weighted by molar-refractivity contribution is 5.81. The van der Waals surface area contributed by atoms with Crippen LogP contribution in [0.25, 0.3) is 0 Å². The van der Waals surface area contributed by atoms with E-state index >= 15 is 0 Å². The molecule has 1 unspecified atom stereocenters. The van der Waals surface area contributed by atoms with Gasteiger partial charge in [0, 0.05) is 19.2 Å². The third-order valence-corrected chi connectivity index (χ3v) is 3.65. The summed E-state index contributed by atoms with van der Waals surface area (Å²) in [6.45, 7) is 2.42. The van der Waals surface area contributed by atoms with E-state index in [9.17, 15) is 4.79 Å². The number of hydrogen-bond donors (Lipinski definition) is 1. The molecule has 2 rings (SSSR count). The maximum Gasteiger partial charge on any atom is 0.239 e. The number of carbonyl (C=O) groups is 1. The first kappa shape index (κ1) is 15.3. The first-order valence-corrected chi connectivity index (χ1v) is 7.15. The molecule has 1 amide bonds. The van der Waals surface area contributed by atoms with Gasteiger partial charge in [-0.25, -0.2) is 0 Å². The molecule has 0 radical (unpaired) electrons. The SMILES string of the molecule is Cc1occc1CN(C)C(=O)C(N)CCc1ccccc1. The molecule has 0 saturated carbocycles. The Bertz CT molecular complexity index is 577. The Morgan fingerprint density at radius 2 is 2.00 bits per heavy atom. The van der Waals surface area contributed by atoms with Crippen molar-refractivity contribution < 1.29 is 9.21 Å². The van der Waals surface area contributed by atoms with Crippen LogP contribution >= 0.6 is 0 Å². The highest BCUT2D eigenvalue weighted by Crippen LogP contribution is 2.12. The Morgan fingerprint density at radius 1 is 1.29 bits per heavy atom. The lowest BCUT2D eigenvalue weighted by atomic mass is 10.0. The molecule has 0 aliphatic carbocycles. The molecule has 0 spiro atoms. The van der Waals surface area contributed by atoms with Crippen LogP contribution in [0.5, 0.6) is 0 Å². The number of amides is 1. The zero-order chi connectivity index (χ0) is 15.2. The van der Waals surface area contributed by atoms with Crippen molar-refractivity contribution in [3.63, 3.8) is 0 Å². The lowest BCUT2D eigenvalue weighted by Crippen LogP contribution is -2.41. The van der Waals surface area contributed by atoms with Crippen LogP contribution in [0.3, 0.4) is 0 Å². The van der Waals surface area contributed by atoms with E-state index in [1.807, 2.05) is 31.2 Å². The number of likely N-dealkylation sites (N-methyl/N-ethyl adjacent to an activating group) is 1. The maximum atomic E-state index is 12.3. The van der Waals surface area contributed by atoms with Gasteiger partial charge < -0.3 is 15.1 Å². The first-order chi connectivity index (χ1) is 10.1. The molecular formula is C17H22N2O2. The maximum absolute atomic E-state index is 12.3. The second kappa shape index (κ2) is 7.09. The standard InChI is InChI=1S/C17H22N2O2/c1-13-15(10-11-21-13)12-19(2)17(20)16(18)9-8-14-6-4-3-5-7-14/h3-7,10-11,16H,8-9,12,18H2,1-2H3. The molecule has 2 aromatic rings. The Kier molecular flexibility index (Phi) is 5.17. The number of benzene rings is 1. The molecule has 21 heavy (non-hydrogen) atoms. The van der Waals surface area contributed by atoms with Gasteiger partial charge in [-0.1, -0.05) is 30.3 Å². The van der Waals surface area contributed by atoms with Gasteiger partial charge >= 0.3 is 0 Å². The highest BCUT2D eigenvalue weighted by atomic mass is 16.3. The van der Waals surface area contributed by atoms with Gasteiger partial charge in [-0.3, -0.25) is 4.79 Å². The lowest BCUT2D eigenvalue weighted by Gasteiger charge is -2.21. The molecule has 0 aliphatic rings. The number of hydrogen-bond acceptors (Lipinski definition) is 3. The topological polar surface area (TPSA) is 59.5 Å². The van der Waals surface area contributed by atoms with Crippen molar-refractivity contribution in [2.45, 2.75) is 32.4 Å². The summed E-state index contributed by atoms with van der Waals surface area (Å²) in [5.41, 5.74) is 8.24. The molecule has 0 saturated heterocycles. The lowest BCUT2D eigenvalue weighted by molar-refractivity contribution is -0.131. The van der Waals surface area contributed by atoms with Gasteiger partial charge in [-0.15, -0.1) is 0 Å². The van der Waals surface area contributed by atoms with Crippen molar-refractivity contribution in [3.8, 4) is 0 Å². The summed E-state index contributed by atoms with van der Waals surface area (Å²) in [6, 6.07) is 11.5. The Morgan fingerprint density at radius 3 is 2.62 bits per heavy atom. The van der Waals surface area contributed by atoms with Gasteiger partial charge in [0.25, 0.3) is 0 Å². The van der Waals surface area contributed by atoms with E-state index in [0.29, 0.717) is 13.0 Å². The van der Waals surface area contributed by atoms with E-state index in [2.05, 4.69) is 12.1 Å². The zero-order valence-corrected chi connectivity index (χ0v) is 12.6. The van der Waals surface area contributed by atoms with E-state index < -0.39 is 6.04 Å². The fourth-order valence-electron chi connectivity index (χ4n) is 2.28. The minimum atomic E-state index is -0.470. The van der Waals surface area contributed by atoms with Crippen LogP contribution in [0.15, 0.2) is 47.1 Å². The molecule has 1 atom stereocenters. The Hall–Kier alpha value is -2.07. The summed E-state index contributed by atoms with van der Waals surface area (Å²) >= 11 is 0. The van der Waals surface area contributed by atoms with Crippen LogP contribution in [0.4, 0.5) is 0 Å². The van der Waals surface area contributed by atoms with Crippen LogP contribution in [0, 0.1) is 6.92 Å². The fourth-order valence-corrected chi connectivity index (χ4v) is 2.28. The number of carbonyl (C=O) groups excluding carboxylic acids is 1. The van der Waals surface area contributed by atoms with Gasteiger partial charge in [-0.2, -0.15) is 0 Å². The summed E-state index contributed by atoms with van der Waals surface area (Å²) in [5, 5.41) is 0. The van der Waals surface area contributed by atoms with Gasteiger partial charge in [0.15, 0.2) is 0 Å². The van der Waals surface area contributed by atoms with E-state index in [1.54, 1.807) is 18.2 Å². The molecule has 1 heterocycles. The molecule has 4 nitrogen and oxygen atoms in total. The molecule has 0 aliphatic heterocycles. The predicted octanol–water partition coefficient (Wildman–Crippen LogP) is 2.51.